The fourth-order valence-corrected chi connectivity index (χ4v) is 5.86. The highest BCUT2D eigenvalue weighted by Gasteiger charge is 2.34. The minimum atomic E-state index is -0.369. The van der Waals surface area contributed by atoms with E-state index in [0.717, 1.165) is 67.5 Å². The van der Waals surface area contributed by atoms with Crippen LogP contribution in [0, 0.1) is 5.82 Å². The number of piperidine rings is 1. The van der Waals surface area contributed by atoms with Gasteiger partial charge in [0.15, 0.2) is 0 Å². The molecule has 0 saturated carbocycles. The fourth-order valence-electron chi connectivity index (χ4n) is 5.86. The summed E-state index contributed by atoms with van der Waals surface area (Å²) in [6.45, 7) is 7.72. The summed E-state index contributed by atoms with van der Waals surface area (Å²) in [6.07, 6.45) is 8.74. The third-order valence-electron chi connectivity index (χ3n) is 7.98. The van der Waals surface area contributed by atoms with Gasteiger partial charge in [0.1, 0.15) is 23.8 Å². The highest BCUT2D eigenvalue weighted by Crippen LogP contribution is 2.40. The molecular formula is C28H33FN8O. The van der Waals surface area contributed by atoms with Gasteiger partial charge in [-0.15, -0.1) is 0 Å². The highest BCUT2D eigenvalue weighted by atomic mass is 19.1. The molecule has 2 fully saturated rings. The molecule has 3 aliphatic heterocycles. The van der Waals surface area contributed by atoms with Gasteiger partial charge in [-0.2, -0.15) is 0 Å². The smallest absolute Gasteiger partial charge is 0.233 e. The largest absolute Gasteiger partial charge is 0.382 e. The Bertz CT molecular complexity index is 1320. The fraction of sp³-hybridized carbons (Fsp3) is 0.464. The Morgan fingerprint density at radius 1 is 1.11 bits per heavy atom. The zero-order valence-electron chi connectivity index (χ0n) is 21.7. The van der Waals surface area contributed by atoms with Crippen LogP contribution in [0.4, 0.5) is 21.7 Å². The van der Waals surface area contributed by atoms with Crippen molar-refractivity contribution in [1.82, 2.24) is 24.8 Å². The van der Waals surface area contributed by atoms with E-state index in [2.05, 4.69) is 41.5 Å². The van der Waals surface area contributed by atoms with Gasteiger partial charge in [0, 0.05) is 49.4 Å². The summed E-state index contributed by atoms with van der Waals surface area (Å²) in [5.74, 6) is 1.05. The SMILES string of the molecule is CC1C(=O)Nc2ncnc(N3CCC(c4nc(-c5cncc(F)c5)ccc4NCCN4CCCC4)CC3)c21. The van der Waals surface area contributed by atoms with E-state index in [-0.39, 0.29) is 23.6 Å². The number of rotatable bonds is 7. The van der Waals surface area contributed by atoms with E-state index in [1.165, 1.54) is 44.5 Å². The minimum absolute atomic E-state index is 0.0332. The quantitative estimate of drug-likeness (QED) is 0.486. The second-order valence-corrected chi connectivity index (χ2v) is 10.4. The molecule has 2 N–H and O–H groups in total. The van der Waals surface area contributed by atoms with E-state index in [0.29, 0.717) is 11.4 Å². The molecule has 0 aromatic carbocycles. The first-order valence-electron chi connectivity index (χ1n) is 13.6. The summed E-state index contributed by atoms with van der Waals surface area (Å²) in [7, 11) is 0. The molecule has 1 amide bonds. The lowest BCUT2D eigenvalue weighted by molar-refractivity contribution is -0.116. The zero-order chi connectivity index (χ0) is 26.1. The summed E-state index contributed by atoms with van der Waals surface area (Å²) >= 11 is 0. The molecule has 9 nitrogen and oxygen atoms in total. The number of hydrogen-bond donors (Lipinski definition) is 2. The number of hydrogen-bond acceptors (Lipinski definition) is 8. The van der Waals surface area contributed by atoms with Gasteiger partial charge in [0.05, 0.1) is 29.2 Å². The van der Waals surface area contributed by atoms with Crippen LogP contribution in [0.15, 0.2) is 36.9 Å². The first-order chi connectivity index (χ1) is 18.6. The third-order valence-corrected chi connectivity index (χ3v) is 7.98. The van der Waals surface area contributed by atoms with Gasteiger partial charge in [-0.3, -0.25) is 14.8 Å². The Labute approximate surface area is 221 Å². The number of anilines is 3. The normalized spacial score (nSPS) is 20.0. The monoisotopic (exact) mass is 516 g/mol. The number of carbonyl (C=O) groups is 1. The average molecular weight is 517 g/mol. The third kappa shape index (κ3) is 4.92. The Balaban J connectivity index is 1.22. The molecule has 0 bridgehead atoms. The van der Waals surface area contributed by atoms with E-state index in [4.69, 9.17) is 4.98 Å². The van der Waals surface area contributed by atoms with Crippen molar-refractivity contribution in [3.8, 4) is 11.3 Å². The van der Waals surface area contributed by atoms with Crippen molar-refractivity contribution >= 4 is 23.2 Å². The minimum Gasteiger partial charge on any atom is -0.382 e. The summed E-state index contributed by atoms with van der Waals surface area (Å²) in [6, 6.07) is 5.51. The number of pyridine rings is 2. The van der Waals surface area contributed by atoms with Crippen molar-refractivity contribution in [1.29, 1.82) is 0 Å². The van der Waals surface area contributed by atoms with Crippen molar-refractivity contribution < 1.29 is 9.18 Å². The van der Waals surface area contributed by atoms with Crippen LogP contribution in [0.3, 0.4) is 0 Å². The Morgan fingerprint density at radius 3 is 2.71 bits per heavy atom. The molecule has 3 aromatic rings. The van der Waals surface area contributed by atoms with Crippen LogP contribution in [0.25, 0.3) is 11.3 Å². The Kier molecular flexibility index (Phi) is 6.88. The van der Waals surface area contributed by atoms with Crippen molar-refractivity contribution in [2.75, 3.05) is 54.8 Å². The standard InChI is InChI=1S/C28H33FN8O/c1-18-24-26(35-28(18)38)32-17-33-27(24)37-11-6-19(7-12-37)25-23(31-8-13-36-9-2-3-10-36)5-4-22(34-25)20-14-21(29)16-30-15-20/h4-5,14-19,31H,2-3,6-13H2,1H3,(H,32,33,35,38). The molecule has 0 spiro atoms. The molecule has 3 aliphatic rings. The maximum absolute atomic E-state index is 13.9. The van der Waals surface area contributed by atoms with Crippen LogP contribution in [0.5, 0.6) is 0 Å². The van der Waals surface area contributed by atoms with Crippen LogP contribution in [-0.2, 0) is 4.79 Å². The van der Waals surface area contributed by atoms with E-state index in [9.17, 15) is 9.18 Å². The lowest BCUT2D eigenvalue weighted by atomic mass is 9.91. The lowest BCUT2D eigenvalue weighted by Gasteiger charge is -2.34. The van der Waals surface area contributed by atoms with Crippen molar-refractivity contribution in [3.05, 3.63) is 54.0 Å². The average Bonchev–Trinajstić information content (AvgIpc) is 3.56. The highest BCUT2D eigenvalue weighted by molar-refractivity contribution is 6.03. The number of aromatic nitrogens is 4. The first kappa shape index (κ1) is 24.7. The summed E-state index contributed by atoms with van der Waals surface area (Å²) in [4.78, 5) is 34.9. The number of likely N-dealkylation sites (tertiary alicyclic amines) is 1. The second-order valence-electron chi connectivity index (χ2n) is 10.4. The van der Waals surface area contributed by atoms with Gasteiger partial charge < -0.3 is 20.4 Å². The van der Waals surface area contributed by atoms with E-state index >= 15 is 0 Å². The van der Waals surface area contributed by atoms with Gasteiger partial charge >= 0.3 is 0 Å². The number of amides is 1. The van der Waals surface area contributed by atoms with Crippen LogP contribution in [0.2, 0.25) is 0 Å². The molecule has 10 heteroatoms. The summed E-state index contributed by atoms with van der Waals surface area (Å²) in [5, 5.41) is 6.51. The molecular weight excluding hydrogens is 483 g/mol. The lowest BCUT2D eigenvalue weighted by Crippen LogP contribution is -2.35. The van der Waals surface area contributed by atoms with Gasteiger partial charge in [0.25, 0.3) is 0 Å². The van der Waals surface area contributed by atoms with Crippen LogP contribution < -0.4 is 15.5 Å². The molecule has 1 unspecified atom stereocenters. The first-order valence-corrected chi connectivity index (χ1v) is 13.6. The Hall–Kier alpha value is -3.66. The molecule has 3 aromatic heterocycles. The molecule has 6 rings (SSSR count). The Morgan fingerprint density at radius 2 is 1.92 bits per heavy atom. The van der Waals surface area contributed by atoms with E-state index in [1.807, 2.05) is 13.0 Å². The maximum Gasteiger partial charge on any atom is 0.233 e. The van der Waals surface area contributed by atoms with Crippen molar-refractivity contribution in [3.63, 3.8) is 0 Å². The van der Waals surface area contributed by atoms with Gasteiger partial charge in [-0.1, -0.05) is 0 Å². The molecule has 0 aliphatic carbocycles. The second kappa shape index (κ2) is 10.6. The molecule has 198 valence electrons. The van der Waals surface area contributed by atoms with E-state index in [1.54, 1.807) is 6.20 Å². The van der Waals surface area contributed by atoms with Crippen molar-refractivity contribution in [2.45, 2.75) is 44.4 Å². The van der Waals surface area contributed by atoms with Crippen molar-refractivity contribution in [2.24, 2.45) is 0 Å². The van der Waals surface area contributed by atoms with Crippen LogP contribution in [0.1, 0.15) is 55.7 Å². The predicted molar refractivity (Wildman–Crippen MR) is 145 cm³/mol. The number of nitrogens with zero attached hydrogens (tertiary/aromatic N) is 6. The van der Waals surface area contributed by atoms with Crippen LogP contribution in [-0.4, -0.2) is 70.0 Å². The maximum atomic E-state index is 13.9. The summed E-state index contributed by atoms with van der Waals surface area (Å²) in [5.41, 5.74) is 4.36. The van der Waals surface area contributed by atoms with E-state index < -0.39 is 0 Å². The zero-order valence-corrected chi connectivity index (χ0v) is 21.7. The molecule has 0 radical (unpaired) electrons. The topological polar surface area (TPSA) is 99.2 Å². The summed E-state index contributed by atoms with van der Waals surface area (Å²) < 4.78 is 13.9. The number of nitrogens with one attached hydrogen (secondary N) is 2. The van der Waals surface area contributed by atoms with Gasteiger partial charge in [-0.05, 0) is 63.9 Å². The van der Waals surface area contributed by atoms with Crippen LogP contribution >= 0.6 is 0 Å². The van der Waals surface area contributed by atoms with Gasteiger partial charge in [0.2, 0.25) is 5.91 Å². The molecule has 1 atom stereocenters. The molecule has 38 heavy (non-hydrogen) atoms. The predicted octanol–water partition coefficient (Wildman–Crippen LogP) is 4.02. The van der Waals surface area contributed by atoms with Gasteiger partial charge in [-0.25, -0.2) is 14.4 Å². The number of carbonyl (C=O) groups excluding carboxylic acids is 1. The number of halogens is 1. The number of fused-ring (bicyclic) bond motifs is 1. The molecule has 6 heterocycles. The molecule has 2 saturated heterocycles.